The number of nitrogens with zero attached hydrogens (tertiary/aromatic N) is 6. The van der Waals surface area contributed by atoms with Gasteiger partial charge in [-0.15, -0.1) is 0 Å². The highest BCUT2D eigenvalue weighted by atomic mass is 31.3. The summed E-state index contributed by atoms with van der Waals surface area (Å²) in [5.74, 6) is -0.497. The lowest BCUT2D eigenvalue weighted by Gasteiger charge is -2.21. The van der Waals surface area contributed by atoms with E-state index in [-0.39, 0.29) is 34.2 Å². The molecular weight excluding hydrogens is 797 g/mol. The number of phosphoric ester groups is 2. The third-order valence-corrected chi connectivity index (χ3v) is 12.4. The van der Waals surface area contributed by atoms with Crippen molar-refractivity contribution in [3.8, 4) is 0 Å². The summed E-state index contributed by atoms with van der Waals surface area (Å²) in [6.07, 6.45) is -8.44. The predicted molar refractivity (Wildman–Crippen MR) is 173 cm³/mol. The highest BCUT2D eigenvalue weighted by molar-refractivity contribution is 7.66. The summed E-state index contributed by atoms with van der Waals surface area (Å²) in [4.78, 5) is 71.6. The van der Waals surface area contributed by atoms with Crippen molar-refractivity contribution in [3.05, 3.63) is 33.4 Å². The van der Waals surface area contributed by atoms with Gasteiger partial charge in [0.05, 0.1) is 26.6 Å². The summed E-state index contributed by atoms with van der Waals surface area (Å²) in [7, 11) is -13.4. The molecule has 28 nitrogen and oxygen atoms in total. The SMILES string of the molecule is CO[C@@H]1[C@H](O)[C@@H](COP(=O)(O)OP(=O)(O)OP(=O)(O)OC[C@H]2O[C@@H](n3c[n+](C)c4c(=O)[nH]c(N)nc43)[C@@H](O)[C@H]2OC)O[C@H]1n1cnc2c(=O)[nH]c(N)nc21. The van der Waals surface area contributed by atoms with E-state index in [2.05, 4.69) is 33.5 Å². The first kappa shape index (κ1) is 40.1. The summed E-state index contributed by atoms with van der Waals surface area (Å²) >= 11 is 0. The van der Waals surface area contributed by atoms with E-state index in [1.54, 1.807) is 0 Å². The van der Waals surface area contributed by atoms with Crippen molar-refractivity contribution < 1.29 is 79.8 Å². The largest absolute Gasteiger partial charge is 0.490 e. The molecule has 6 heterocycles. The zero-order chi connectivity index (χ0) is 39.5. The Hall–Kier alpha value is -3.53. The summed E-state index contributed by atoms with van der Waals surface area (Å²) < 4.78 is 81.4. The number of rotatable bonds is 14. The number of aromatic amines is 2. The molecule has 6 rings (SSSR count). The van der Waals surface area contributed by atoms with E-state index in [1.807, 2.05) is 0 Å². The summed E-state index contributed by atoms with van der Waals surface area (Å²) in [6.45, 7) is -1.93. The molecule has 2 aliphatic rings. The number of anilines is 2. The van der Waals surface area contributed by atoms with Crippen LogP contribution >= 0.6 is 23.5 Å². The highest BCUT2D eigenvalue weighted by Crippen LogP contribution is 2.68. The molecular formula is C23H34N10O18P3+. The lowest BCUT2D eigenvalue weighted by atomic mass is 10.1. The van der Waals surface area contributed by atoms with Gasteiger partial charge in [0.25, 0.3) is 16.7 Å². The van der Waals surface area contributed by atoms with E-state index < -0.39 is 96.9 Å². The summed E-state index contributed by atoms with van der Waals surface area (Å²) in [5, 5.41) is 21.7. The number of aryl methyl sites for hydroxylation is 1. The Morgan fingerprint density at radius 1 is 0.815 bits per heavy atom. The van der Waals surface area contributed by atoms with Crippen molar-refractivity contribution in [2.45, 2.75) is 49.1 Å². The Morgan fingerprint density at radius 2 is 1.37 bits per heavy atom. The van der Waals surface area contributed by atoms with Gasteiger partial charge >= 0.3 is 29.0 Å². The molecule has 4 aromatic heterocycles. The van der Waals surface area contributed by atoms with Gasteiger partial charge in [0.15, 0.2) is 17.4 Å². The number of ether oxygens (including phenoxy) is 4. The van der Waals surface area contributed by atoms with E-state index >= 15 is 0 Å². The van der Waals surface area contributed by atoms with Crippen molar-refractivity contribution >= 4 is 57.7 Å². The standard InChI is InChI=1S/C23H33N10O18P3/c1-31-7-33(17-11(31)19(37)30-23(25)28-17)20-13(35)14(44-2)9(49-20)5-47-53(40,41)51-54(42,43)50-52(38,39)46-4-8-12(34)15(45-3)21(48-8)32-6-26-10-16(32)27-22(24)29-18(10)36/h6-9,12-15,20-21,34-35H,4-5H2,1-3H3,(H8-,24,25,27,28,29,30,36,37,38,39,40,41,42,43)/p+1/t8-,9-,12-,13+,14+,15-,20-,21-/m1/s1. The third kappa shape index (κ3) is 7.92. The lowest BCUT2D eigenvalue weighted by Crippen LogP contribution is -2.35. The van der Waals surface area contributed by atoms with Crippen molar-refractivity contribution in [2.24, 2.45) is 7.05 Å². The summed E-state index contributed by atoms with van der Waals surface area (Å²) in [6, 6.07) is 0. The second kappa shape index (κ2) is 14.8. The normalized spacial score (nSPS) is 29.4. The molecule has 4 aromatic rings. The molecule has 11 N–H and O–H groups in total. The quantitative estimate of drug-likeness (QED) is 0.0445. The molecule has 0 bridgehead atoms. The monoisotopic (exact) mass is 831 g/mol. The zero-order valence-electron chi connectivity index (χ0n) is 27.9. The fourth-order valence-corrected chi connectivity index (χ4v) is 9.47. The van der Waals surface area contributed by atoms with Crippen LogP contribution in [0.15, 0.2) is 22.2 Å². The first-order chi connectivity index (χ1) is 25.2. The van der Waals surface area contributed by atoms with Crippen molar-refractivity contribution in [1.82, 2.24) is 34.1 Å². The fraction of sp³-hybridized carbons (Fsp3) is 0.565. The molecule has 31 heteroatoms. The third-order valence-electron chi connectivity index (χ3n) is 8.17. The fourth-order valence-electron chi connectivity index (χ4n) is 5.95. The number of aliphatic hydroxyl groups excluding tert-OH is 2. The van der Waals surface area contributed by atoms with Crippen LogP contribution in [-0.4, -0.2) is 123 Å². The van der Waals surface area contributed by atoms with Gasteiger partial charge in [-0.3, -0.25) is 33.2 Å². The first-order valence-electron chi connectivity index (χ1n) is 15.2. The number of nitrogens with two attached hydrogens (primary N) is 2. The maximum absolute atomic E-state index is 12.7. The average Bonchev–Trinajstić information content (AvgIpc) is 3.79. The summed E-state index contributed by atoms with van der Waals surface area (Å²) in [5.41, 5.74) is 9.89. The van der Waals surface area contributed by atoms with E-state index in [4.69, 9.17) is 39.5 Å². The molecule has 11 atom stereocenters. The highest BCUT2D eigenvalue weighted by Gasteiger charge is 2.51. The molecule has 54 heavy (non-hydrogen) atoms. The maximum Gasteiger partial charge on any atom is 0.490 e. The Morgan fingerprint density at radius 3 is 1.98 bits per heavy atom. The van der Waals surface area contributed by atoms with E-state index in [0.29, 0.717) is 0 Å². The number of nitrogens with one attached hydrogen (secondary N) is 2. The van der Waals surface area contributed by atoms with Gasteiger partial charge in [0.2, 0.25) is 24.5 Å². The molecule has 0 spiro atoms. The molecule has 2 saturated heterocycles. The molecule has 0 amide bonds. The van der Waals surface area contributed by atoms with Crippen molar-refractivity contribution in [3.63, 3.8) is 0 Å². The zero-order valence-corrected chi connectivity index (χ0v) is 30.6. The van der Waals surface area contributed by atoms with Gasteiger partial charge in [-0.2, -0.15) is 23.2 Å². The van der Waals surface area contributed by atoms with Gasteiger partial charge in [0.1, 0.15) is 36.6 Å². The second-order valence-electron chi connectivity index (χ2n) is 11.7. The number of fused-ring (bicyclic) bond motifs is 2. The van der Waals surface area contributed by atoms with Crippen LogP contribution in [0.5, 0.6) is 0 Å². The molecule has 3 unspecified atom stereocenters. The van der Waals surface area contributed by atoms with Gasteiger partial charge in [-0.25, -0.2) is 23.2 Å². The number of aromatic nitrogens is 8. The van der Waals surface area contributed by atoms with Crippen LogP contribution in [-0.2, 0) is 57.4 Å². The van der Waals surface area contributed by atoms with Crippen LogP contribution in [0.1, 0.15) is 12.5 Å². The molecule has 0 aliphatic carbocycles. The van der Waals surface area contributed by atoms with Crippen LogP contribution in [0, 0.1) is 0 Å². The molecule has 298 valence electrons. The number of nitrogen functional groups attached to an aromatic ring is 2. The average molecular weight is 831 g/mol. The minimum absolute atomic E-state index is 0.00395. The smallest absolute Gasteiger partial charge is 0.387 e. The van der Waals surface area contributed by atoms with Crippen LogP contribution < -0.4 is 27.2 Å². The van der Waals surface area contributed by atoms with Crippen LogP contribution in [0.25, 0.3) is 22.3 Å². The Kier molecular flexibility index (Phi) is 11.0. The number of aliphatic hydroxyl groups is 2. The molecule has 0 aromatic carbocycles. The number of hydrogen-bond acceptors (Lipinski definition) is 20. The lowest BCUT2D eigenvalue weighted by molar-refractivity contribution is -0.646. The van der Waals surface area contributed by atoms with Gasteiger partial charge in [-0.1, -0.05) is 0 Å². The van der Waals surface area contributed by atoms with Crippen LogP contribution in [0.3, 0.4) is 0 Å². The second-order valence-corrected chi connectivity index (χ2v) is 16.3. The van der Waals surface area contributed by atoms with Crippen molar-refractivity contribution in [1.29, 1.82) is 0 Å². The maximum atomic E-state index is 12.7. The minimum Gasteiger partial charge on any atom is -0.387 e. The topological polar surface area (TPSA) is 396 Å². The van der Waals surface area contributed by atoms with Gasteiger partial charge in [0, 0.05) is 14.2 Å². The minimum atomic E-state index is -5.96. The number of imidazole rings is 2. The first-order valence-corrected chi connectivity index (χ1v) is 19.6. The van der Waals surface area contributed by atoms with Crippen LogP contribution in [0.4, 0.5) is 11.9 Å². The Balaban J connectivity index is 1.07. The van der Waals surface area contributed by atoms with E-state index in [0.717, 1.165) is 6.33 Å². The number of phosphoric acid groups is 3. The van der Waals surface area contributed by atoms with Gasteiger partial charge in [-0.05, 0) is 0 Å². The van der Waals surface area contributed by atoms with E-state index in [9.17, 15) is 48.2 Å². The van der Waals surface area contributed by atoms with Crippen molar-refractivity contribution in [2.75, 3.05) is 38.9 Å². The molecule has 2 aliphatic heterocycles. The Labute approximate surface area is 299 Å². The van der Waals surface area contributed by atoms with E-state index in [1.165, 1.54) is 41.3 Å². The molecule has 2 fully saturated rings. The van der Waals surface area contributed by atoms with Crippen LogP contribution in [0.2, 0.25) is 0 Å². The molecule has 0 saturated carbocycles. The van der Waals surface area contributed by atoms with Gasteiger partial charge < -0.3 is 55.3 Å². The number of hydrogen-bond donors (Lipinski definition) is 9. The Bertz CT molecular complexity index is 2320. The number of methoxy groups -OCH3 is 2. The predicted octanol–water partition coefficient (Wildman–Crippen LogP) is -3.24. The molecule has 0 radical (unpaired) electrons. The number of H-pyrrole nitrogens is 2.